The first kappa shape index (κ1) is 15.5. The SMILES string of the molecule is B[PH]1(O)OC[C@H]2O[C@@H](n3cnc4c(N)nc(Cl)nc43)C(O)[C@H]2O1. The number of ether oxygens (including phenoxy) is 1. The molecule has 1 unspecified atom stereocenters. The van der Waals surface area contributed by atoms with E-state index >= 15 is 0 Å². The number of imidazole rings is 1. The van der Waals surface area contributed by atoms with Crippen LogP contribution in [0.3, 0.4) is 0 Å². The predicted octanol–water partition coefficient (Wildman–Crippen LogP) is -1.23. The van der Waals surface area contributed by atoms with E-state index in [0.29, 0.717) is 11.2 Å². The number of aromatic nitrogens is 4. The monoisotopic (exact) mass is 361 g/mol. The normalized spacial score (nSPS) is 34.4. The number of hydrogen-bond acceptors (Lipinski definition) is 9. The Kier molecular flexibility index (Phi) is 3.51. The molecule has 0 spiro atoms. The van der Waals surface area contributed by atoms with Crippen LogP contribution in [0.15, 0.2) is 6.33 Å². The standard InChI is InChI=1S/C10H14BClN5O5P/c11-23(19)20-1-3-6(22-23)5(18)9(21-3)17-2-14-4-7(13)15-10(12)16-8(4)17/h2-3,5-6,9,18-19,23H,1,11H2,(H2,13,15,16)/t3-,5?,6+,9-/m1/s1. The molecule has 0 aliphatic carbocycles. The summed E-state index contributed by atoms with van der Waals surface area (Å²) in [5, 5.41) is 10.5. The van der Waals surface area contributed by atoms with Gasteiger partial charge in [-0.25, -0.2) is 0 Å². The van der Waals surface area contributed by atoms with E-state index in [2.05, 4.69) is 15.0 Å². The molecule has 2 aromatic heterocycles. The Hall–Kier alpha value is -1.07. The van der Waals surface area contributed by atoms with Crippen molar-refractivity contribution >= 4 is 44.0 Å². The minimum absolute atomic E-state index is 0.0309. The molecule has 0 amide bonds. The second-order valence-corrected chi connectivity index (χ2v) is 8.21. The number of nitrogens with two attached hydrogens (primary N) is 1. The zero-order valence-electron chi connectivity index (χ0n) is 12.0. The van der Waals surface area contributed by atoms with Crippen LogP contribution in [0, 0.1) is 0 Å². The third kappa shape index (κ3) is 2.49. The first-order chi connectivity index (χ1) is 10.9. The Bertz CT molecular complexity index is 777. The van der Waals surface area contributed by atoms with Gasteiger partial charge in [0, 0.05) is 0 Å². The van der Waals surface area contributed by atoms with Gasteiger partial charge in [0.15, 0.2) is 0 Å². The molecule has 4 N–H and O–H groups in total. The van der Waals surface area contributed by atoms with Gasteiger partial charge >= 0.3 is 136 Å². The summed E-state index contributed by atoms with van der Waals surface area (Å²) in [6.45, 7) is 0.141. The van der Waals surface area contributed by atoms with Crippen molar-refractivity contribution in [2.45, 2.75) is 24.5 Å². The van der Waals surface area contributed by atoms with Crippen molar-refractivity contribution in [1.82, 2.24) is 19.5 Å². The molecule has 0 saturated carbocycles. The molecule has 2 saturated heterocycles. The summed E-state index contributed by atoms with van der Waals surface area (Å²) in [5.74, 6) is 0.138. The maximum atomic E-state index is 10.5. The summed E-state index contributed by atoms with van der Waals surface area (Å²) in [7, 11) is -1.75. The molecule has 13 heteroatoms. The van der Waals surface area contributed by atoms with Crippen LogP contribution < -0.4 is 5.73 Å². The van der Waals surface area contributed by atoms with E-state index in [-0.39, 0.29) is 17.7 Å². The van der Waals surface area contributed by atoms with Crippen molar-refractivity contribution in [3.05, 3.63) is 11.6 Å². The van der Waals surface area contributed by atoms with Gasteiger partial charge in [-0.3, -0.25) is 0 Å². The van der Waals surface area contributed by atoms with E-state index < -0.39 is 32.4 Å². The van der Waals surface area contributed by atoms with Crippen LogP contribution in [0.25, 0.3) is 11.2 Å². The molecule has 2 aromatic rings. The Morgan fingerprint density at radius 1 is 1.48 bits per heavy atom. The quantitative estimate of drug-likeness (QED) is 0.324. The predicted molar refractivity (Wildman–Crippen MR) is 84.6 cm³/mol. The molecule has 4 atom stereocenters. The fraction of sp³-hybridized carbons (Fsp3) is 0.500. The minimum atomic E-state index is -3.24. The van der Waals surface area contributed by atoms with Crippen molar-refractivity contribution in [3.63, 3.8) is 0 Å². The number of nitrogens with zero attached hydrogens (tertiary/aromatic N) is 4. The number of aliphatic hydroxyl groups excluding tert-OH is 1. The zero-order chi connectivity index (χ0) is 16.4. The van der Waals surface area contributed by atoms with Gasteiger partial charge in [-0.15, -0.1) is 0 Å². The van der Waals surface area contributed by atoms with Gasteiger partial charge in [0.1, 0.15) is 0 Å². The fourth-order valence-electron chi connectivity index (χ4n) is 2.85. The summed E-state index contributed by atoms with van der Waals surface area (Å²) >= 11 is 5.84. The van der Waals surface area contributed by atoms with Gasteiger partial charge in [-0.2, -0.15) is 0 Å². The van der Waals surface area contributed by atoms with Gasteiger partial charge < -0.3 is 0 Å². The molecule has 23 heavy (non-hydrogen) atoms. The van der Waals surface area contributed by atoms with Crippen molar-refractivity contribution in [3.8, 4) is 0 Å². The van der Waals surface area contributed by atoms with E-state index in [1.54, 1.807) is 0 Å². The van der Waals surface area contributed by atoms with E-state index in [0.717, 1.165) is 0 Å². The fourth-order valence-corrected chi connectivity index (χ4v) is 4.36. The Labute approximate surface area is 136 Å². The van der Waals surface area contributed by atoms with Crippen LogP contribution in [0.1, 0.15) is 6.23 Å². The summed E-state index contributed by atoms with van der Waals surface area (Å²) < 4.78 is 18.0. The van der Waals surface area contributed by atoms with Crippen molar-refractivity contribution in [2.24, 2.45) is 0 Å². The average Bonchev–Trinajstić information content (AvgIpc) is 3.00. The summed E-state index contributed by atoms with van der Waals surface area (Å²) in [6.07, 6.45) is -1.60. The maximum absolute atomic E-state index is 10.5. The Balaban J connectivity index is 1.72. The molecule has 0 aromatic carbocycles. The third-order valence-corrected chi connectivity index (χ3v) is 5.46. The molecule has 2 fully saturated rings. The number of nitrogen functional groups attached to an aromatic ring is 1. The number of fused-ring (bicyclic) bond motifs is 2. The van der Waals surface area contributed by atoms with Gasteiger partial charge in [0.05, 0.1) is 0 Å². The Morgan fingerprint density at radius 2 is 2.26 bits per heavy atom. The van der Waals surface area contributed by atoms with Gasteiger partial charge in [-0.1, -0.05) is 0 Å². The average molecular weight is 361 g/mol. The number of rotatable bonds is 1. The van der Waals surface area contributed by atoms with Gasteiger partial charge in [0.25, 0.3) is 0 Å². The van der Waals surface area contributed by atoms with E-state index in [1.807, 2.05) is 0 Å². The van der Waals surface area contributed by atoms with Crippen LogP contribution in [-0.2, 0) is 13.8 Å². The number of anilines is 1. The first-order valence-electron chi connectivity index (χ1n) is 6.89. The number of aliphatic hydroxyl groups is 1. The topological polar surface area (TPSA) is 138 Å². The van der Waals surface area contributed by atoms with Crippen LogP contribution in [0.4, 0.5) is 5.82 Å². The molecular formula is C10H14BClN5O5P. The van der Waals surface area contributed by atoms with Crippen LogP contribution in [0.5, 0.6) is 0 Å². The second-order valence-electron chi connectivity index (χ2n) is 5.55. The van der Waals surface area contributed by atoms with E-state index in [1.165, 1.54) is 18.5 Å². The molecule has 0 radical (unpaired) electrons. The molecule has 124 valence electrons. The molecule has 0 bridgehead atoms. The van der Waals surface area contributed by atoms with Crippen molar-refractivity contribution in [1.29, 1.82) is 0 Å². The molecule has 2 aliphatic rings. The molecule has 4 rings (SSSR count). The summed E-state index contributed by atoms with van der Waals surface area (Å²) in [6, 6.07) is 0. The first-order valence-corrected chi connectivity index (χ1v) is 9.53. The summed E-state index contributed by atoms with van der Waals surface area (Å²) in [4.78, 5) is 22.0. The summed E-state index contributed by atoms with van der Waals surface area (Å²) in [5.41, 5.74) is 6.47. The van der Waals surface area contributed by atoms with Crippen LogP contribution in [-0.4, -0.2) is 62.0 Å². The molecular weight excluding hydrogens is 347 g/mol. The molecule has 10 nitrogen and oxygen atoms in total. The van der Waals surface area contributed by atoms with Gasteiger partial charge in [0.2, 0.25) is 0 Å². The van der Waals surface area contributed by atoms with Crippen LogP contribution in [0.2, 0.25) is 5.28 Å². The zero-order valence-corrected chi connectivity index (χ0v) is 13.7. The van der Waals surface area contributed by atoms with E-state index in [9.17, 15) is 10.00 Å². The Morgan fingerprint density at radius 3 is 3.04 bits per heavy atom. The van der Waals surface area contributed by atoms with E-state index in [4.69, 9.17) is 31.1 Å². The van der Waals surface area contributed by atoms with Crippen molar-refractivity contribution in [2.75, 3.05) is 12.3 Å². The van der Waals surface area contributed by atoms with Crippen LogP contribution >= 0.6 is 19.4 Å². The van der Waals surface area contributed by atoms with Gasteiger partial charge in [-0.05, 0) is 0 Å². The number of hydrogen-bond donors (Lipinski definition) is 3. The second kappa shape index (κ2) is 5.22. The molecule has 4 heterocycles. The number of halogens is 1. The molecule has 2 aliphatic heterocycles. The van der Waals surface area contributed by atoms with Crippen molar-refractivity contribution < 1.29 is 23.8 Å². The third-order valence-electron chi connectivity index (χ3n) is 3.87.